The average Bonchev–Trinajstić information content (AvgIpc) is 3.28. The van der Waals surface area contributed by atoms with E-state index in [4.69, 9.17) is 4.74 Å². The van der Waals surface area contributed by atoms with E-state index in [1.165, 1.54) is 44.1 Å². The zero-order valence-electron chi connectivity index (χ0n) is 13.5. The lowest BCUT2D eigenvalue weighted by atomic mass is 9.77. The van der Waals surface area contributed by atoms with Gasteiger partial charge in [-0.2, -0.15) is 0 Å². The predicted molar refractivity (Wildman–Crippen MR) is 88.0 cm³/mol. The largest absolute Gasteiger partial charge is 0.487 e. The Bertz CT molecular complexity index is 445. The highest BCUT2D eigenvalue weighted by atomic mass is 16.5. The normalized spacial score (nSPS) is 21.6. The van der Waals surface area contributed by atoms with Gasteiger partial charge in [-0.25, -0.2) is 0 Å². The molecule has 0 radical (unpaired) electrons. The maximum atomic E-state index is 6.37. The summed E-state index contributed by atoms with van der Waals surface area (Å²) < 4.78 is 6.37. The van der Waals surface area contributed by atoms with Crippen LogP contribution in [0.4, 0.5) is 0 Å². The highest BCUT2D eigenvalue weighted by Crippen LogP contribution is 2.39. The maximum absolute atomic E-state index is 6.37. The zero-order chi connectivity index (χ0) is 14.7. The Labute approximate surface area is 129 Å². The van der Waals surface area contributed by atoms with Crippen molar-refractivity contribution in [3.05, 3.63) is 29.8 Å². The van der Waals surface area contributed by atoms with Crippen LogP contribution in [-0.4, -0.2) is 18.2 Å². The molecule has 0 amide bonds. The van der Waals surface area contributed by atoms with E-state index in [1.807, 2.05) is 0 Å². The predicted octanol–water partition coefficient (Wildman–Crippen LogP) is 4.64. The summed E-state index contributed by atoms with van der Waals surface area (Å²) in [6.45, 7) is 5.63. The molecule has 0 heterocycles. The van der Waals surface area contributed by atoms with E-state index in [0.29, 0.717) is 5.92 Å². The number of ether oxygens (including phenoxy) is 1. The van der Waals surface area contributed by atoms with Crippen molar-refractivity contribution in [2.24, 2.45) is 0 Å². The van der Waals surface area contributed by atoms with Gasteiger partial charge in [-0.05, 0) is 75.1 Å². The summed E-state index contributed by atoms with van der Waals surface area (Å²) in [4.78, 5) is 0. The van der Waals surface area contributed by atoms with Crippen LogP contribution in [0.15, 0.2) is 24.3 Å². The minimum absolute atomic E-state index is 0.111. The number of hydrogen-bond donors (Lipinski definition) is 1. The van der Waals surface area contributed by atoms with Gasteiger partial charge < -0.3 is 10.1 Å². The van der Waals surface area contributed by atoms with Crippen molar-refractivity contribution in [1.82, 2.24) is 5.32 Å². The van der Waals surface area contributed by atoms with Crippen LogP contribution in [0.25, 0.3) is 0 Å². The van der Waals surface area contributed by atoms with Gasteiger partial charge in [-0.1, -0.05) is 26.0 Å². The fourth-order valence-corrected chi connectivity index (χ4v) is 3.12. The Balaban J connectivity index is 1.55. The summed E-state index contributed by atoms with van der Waals surface area (Å²) in [5.41, 5.74) is 1.53. The van der Waals surface area contributed by atoms with Crippen molar-refractivity contribution in [2.45, 2.75) is 76.4 Å². The number of rotatable bonds is 8. The molecule has 3 rings (SSSR count). The van der Waals surface area contributed by atoms with Crippen LogP contribution in [-0.2, 0) is 0 Å². The highest BCUT2D eigenvalue weighted by molar-refractivity contribution is 5.30. The van der Waals surface area contributed by atoms with E-state index >= 15 is 0 Å². The second-order valence-corrected chi connectivity index (χ2v) is 7.00. The third-order valence-electron chi connectivity index (χ3n) is 5.25. The molecule has 0 bridgehead atoms. The molecule has 0 saturated heterocycles. The first-order valence-electron chi connectivity index (χ1n) is 8.73. The van der Waals surface area contributed by atoms with Gasteiger partial charge >= 0.3 is 0 Å². The lowest BCUT2D eigenvalue weighted by Gasteiger charge is -2.42. The Hall–Kier alpha value is -1.02. The fourth-order valence-electron chi connectivity index (χ4n) is 3.12. The molecule has 2 nitrogen and oxygen atoms in total. The van der Waals surface area contributed by atoms with Gasteiger partial charge in [0.1, 0.15) is 11.4 Å². The summed E-state index contributed by atoms with van der Waals surface area (Å²) in [6.07, 6.45) is 8.82. The molecule has 2 fully saturated rings. The van der Waals surface area contributed by atoms with Gasteiger partial charge in [0, 0.05) is 6.04 Å². The minimum Gasteiger partial charge on any atom is -0.487 e. The molecule has 1 aromatic rings. The van der Waals surface area contributed by atoms with E-state index in [0.717, 1.165) is 24.8 Å². The van der Waals surface area contributed by atoms with Crippen LogP contribution in [0.1, 0.15) is 70.3 Å². The smallest absolute Gasteiger partial charge is 0.120 e. The summed E-state index contributed by atoms with van der Waals surface area (Å²) in [5.74, 6) is 1.69. The Morgan fingerprint density at radius 1 is 1.24 bits per heavy atom. The molecule has 0 aliphatic heterocycles. The molecular weight excluding hydrogens is 258 g/mol. The molecule has 2 heteroatoms. The quantitative estimate of drug-likeness (QED) is 0.752. The highest BCUT2D eigenvalue weighted by Gasteiger charge is 2.39. The molecule has 2 saturated carbocycles. The summed E-state index contributed by atoms with van der Waals surface area (Å²) in [6, 6.07) is 9.60. The third-order valence-corrected chi connectivity index (χ3v) is 5.25. The Kier molecular flexibility index (Phi) is 4.54. The van der Waals surface area contributed by atoms with Gasteiger partial charge in [0.25, 0.3) is 0 Å². The summed E-state index contributed by atoms with van der Waals surface area (Å²) in [5, 5.41) is 3.62. The first kappa shape index (κ1) is 14.9. The monoisotopic (exact) mass is 287 g/mol. The summed E-state index contributed by atoms with van der Waals surface area (Å²) >= 11 is 0. The Morgan fingerprint density at radius 2 is 1.95 bits per heavy atom. The van der Waals surface area contributed by atoms with Crippen LogP contribution in [0.5, 0.6) is 5.75 Å². The fraction of sp³-hybridized carbons (Fsp3) is 0.684. The van der Waals surface area contributed by atoms with Gasteiger partial charge in [0.05, 0.1) is 0 Å². The van der Waals surface area contributed by atoms with Crippen molar-refractivity contribution in [3.8, 4) is 5.75 Å². The molecule has 1 N–H and O–H groups in total. The van der Waals surface area contributed by atoms with Crippen molar-refractivity contribution < 1.29 is 4.74 Å². The van der Waals surface area contributed by atoms with Gasteiger partial charge in [0.15, 0.2) is 0 Å². The molecule has 1 unspecified atom stereocenters. The zero-order valence-corrected chi connectivity index (χ0v) is 13.5. The Morgan fingerprint density at radius 3 is 2.48 bits per heavy atom. The van der Waals surface area contributed by atoms with Crippen LogP contribution in [0, 0.1) is 0 Å². The lowest BCUT2D eigenvalue weighted by molar-refractivity contribution is -0.0143. The van der Waals surface area contributed by atoms with Gasteiger partial charge in [-0.15, -0.1) is 0 Å². The SMILES string of the molecule is CCC(C)c1ccc(OC2(CCNC3CC3)CCC2)cc1. The molecule has 1 atom stereocenters. The van der Waals surface area contributed by atoms with E-state index in [-0.39, 0.29) is 5.60 Å². The van der Waals surface area contributed by atoms with Gasteiger partial charge in [0.2, 0.25) is 0 Å². The van der Waals surface area contributed by atoms with E-state index < -0.39 is 0 Å². The third kappa shape index (κ3) is 3.79. The minimum atomic E-state index is 0.111. The lowest BCUT2D eigenvalue weighted by Crippen LogP contribution is -2.45. The van der Waals surface area contributed by atoms with Gasteiger partial charge in [-0.3, -0.25) is 0 Å². The van der Waals surface area contributed by atoms with Crippen LogP contribution in [0.3, 0.4) is 0 Å². The average molecular weight is 287 g/mol. The van der Waals surface area contributed by atoms with E-state index in [2.05, 4.69) is 43.4 Å². The van der Waals surface area contributed by atoms with Crippen LogP contribution < -0.4 is 10.1 Å². The first-order chi connectivity index (χ1) is 10.2. The first-order valence-corrected chi connectivity index (χ1v) is 8.73. The molecule has 0 aromatic heterocycles. The maximum Gasteiger partial charge on any atom is 0.120 e. The number of nitrogens with one attached hydrogen (secondary N) is 1. The molecule has 1 aromatic carbocycles. The molecule has 21 heavy (non-hydrogen) atoms. The number of hydrogen-bond acceptors (Lipinski definition) is 2. The molecule has 2 aliphatic carbocycles. The van der Waals surface area contributed by atoms with Crippen molar-refractivity contribution >= 4 is 0 Å². The molecular formula is C19H29NO. The van der Waals surface area contributed by atoms with Crippen molar-refractivity contribution in [1.29, 1.82) is 0 Å². The second-order valence-electron chi connectivity index (χ2n) is 7.00. The topological polar surface area (TPSA) is 21.3 Å². The molecule has 2 aliphatic rings. The molecule has 0 spiro atoms. The van der Waals surface area contributed by atoms with E-state index in [1.54, 1.807) is 0 Å². The summed E-state index contributed by atoms with van der Waals surface area (Å²) in [7, 11) is 0. The van der Waals surface area contributed by atoms with Crippen molar-refractivity contribution in [3.63, 3.8) is 0 Å². The number of benzene rings is 1. The molecule has 116 valence electrons. The standard InChI is InChI=1S/C19H29NO/c1-3-15(2)16-5-9-18(10-6-16)21-19(11-4-12-19)13-14-20-17-7-8-17/h5-6,9-10,15,17,20H,3-4,7-8,11-14H2,1-2H3. The van der Waals surface area contributed by atoms with Crippen molar-refractivity contribution in [2.75, 3.05) is 6.54 Å². The van der Waals surface area contributed by atoms with Crippen LogP contribution >= 0.6 is 0 Å². The second kappa shape index (κ2) is 6.39. The van der Waals surface area contributed by atoms with E-state index in [9.17, 15) is 0 Å². The van der Waals surface area contributed by atoms with Crippen LogP contribution in [0.2, 0.25) is 0 Å².